The van der Waals surface area contributed by atoms with Gasteiger partial charge in [0, 0.05) is 6.54 Å². The summed E-state index contributed by atoms with van der Waals surface area (Å²) in [4.78, 5) is 0. The van der Waals surface area contributed by atoms with Crippen LogP contribution in [0, 0.1) is 0 Å². The minimum Gasteiger partial charge on any atom is -0.367 e. The van der Waals surface area contributed by atoms with Crippen molar-refractivity contribution in [2.24, 2.45) is 0 Å². The van der Waals surface area contributed by atoms with Gasteiger partial charge in [0.2, 0.25) is 10.0 Å². The number of ether oxygens (including phenoxy) is 1. The fraction of sp³-hybridized carbons (Fsp3) is 1.00. The van der Waals surface area contributed by atoms with Crippen LogP contribution in [0.15, 0.2) is 0 Å². The number of aliphatic hydroxyl groups is 1. The van der Waals surface area contributed by atoms with Gasteiger partial charge in [-0.05, 0) is 13.3 Å². The number of hydrogen-bond acceptors (Lipinski definition) is 4. The van der Waals surface area contributed by atoms with Gasteiger partial charge in [-0.2, -0.15) is 4.31 Å². The van der Waals surface area contributed by atoms with Crippen molar-refractivity contribution in [1.82, 2.24) is 4.31 Å². The Morgan fingerprint density at radius 2 is 1.93 bits per heavy atom. The highest BCUT2D eigenvalue weighted by Crippen LogP contribution is 2.04. The van der Waals surface area contributed by atoms with Crippen LogP contribution in [-0.4, -0.2) is 49.6 Å². The molecule has 0 radical (unpaired) electrons. The number of rotatable bonds is 7. The maximum absolute atomic E-state index is 11.2. The molecule has 0 aliphatic carbocycles. The van der Waals surface area contributed by atoms with E-state index in [9.17, 15) is 13.5 Å². The van der Waals surface area contributed by atoms with E-state index in [1.807, 2.05) is 13.8 Å². The van der Waals surface area contributed by atoms with Gasteiger partial charge in [0.15, 0.2) is 6.29 Å². The van der Waals surface area contributed by atoms with Crippen LogP contribution in [-0.2, 0) is 14.8 Å². The van der Waals surface area contributed by atoms with Crippen LogP contribution in [0.4, 0.5) is 0 Å². The van der Waals surface area contributed by atoms with Crippen molar-refractivity contribution >= 4 is 10.0 Å². The number of hydrogen-bond donors (Lipinski definition) is 1. The lowest BCUT2D eigenvalue weighted by atomic mass is 10.3. The van der Waals surface area contributed by atoms with E-state index in [1.54, 1.807) is 6.92 Å². The van der Waals surface area contributed by atoms with E-state index in [1.165, 1.54) is 4.31 Å². The molecule has 0 aromatic rings. The summed E-state index contributed by atoms with van der Waals surface area (Å²) in [6.45, 7) is 5.81. The topological polar surface area (TPSA) is 66.8 Å². The lowest BCUT2D eigenvalue weighted by Gasteiger charge is -2.23. The quantitative estimate of drug-likeness (QED) is 0.653. The lowest BCUT2D eigenvalue weighted by molar-refractivity contribution is -0.135. The van der Waals surface area contributed by atoms with E-state index in [0.29, 0.717) is 6.54 Å². The minimum atomic E-state index is -3.26. The fourth-order valence-electron chi connectivity index (χ4n) is 1.08. The van der Waals surface area contributed by atoms with Gasteiger partial charge in [-0.15, -0.1) is 0 Å². The molecule has 92 valence electrons. The SMILES string of the molecule is CC[C@H](C)O[C@@H](O)CN(CC)S(C)(=O)=O. The molecule has 0 saturated carbocycles. The molecule has 0 saturated heterocycles. The molecule has 0 aliphatic rings. The van der Waals surface area contributed by atoms with Crippen LogP contribution in [0.3, 0.4) is 0 Å². The third-order valence-electron chi connectivity index (χ3n) is 2.15. The molecule has 0 amide bonds. The fourth-order valence-corrected chi connectivity index (χ4v) is 1.95. The molecule has 0 unspecified atom stereocenters. The predicted octanol–water partition coefficient (Wildman–Crippen LogP) is 0.401. The molecule has 1 N–H and O–H groups in total. The Balaban J connectivity index is 4.20. The van der Waals surface area contributed by atoms with Crippen LogP contribution < -0.4 is 0 Å². The molecule has 0 spiro atoms. The van der Waals surface area contributed by atoms with Crippen LogP contribution in [0.25, 0.3) is 0 Å². The Morgan fingerprint density at radius 3 is 2.27 bits per heavy atom. The number of sulfonamides is 1. The van der Waals surface area contributed by atoms with Crippen LogP contribution in [0.1, 0.15) is 27.2 Å². The van der Waals surface area contributed by atoms with Gasteiger partial charge in [-0.3, -0.25) is 0 Å². The normalized spacial score (nSPS) is 16.7. The van der Waals surface area contributed by atoms with Crippen LogP contribution in [0.5, 0.6) is 0 Å². The zero-order chi connectivity index (χ0) is 12.1. The van der Waals surface area contributed by atoms with E-state index in [4.69, 9.17) is 4.74 Å². The van der Waals surface area contributed by atoms with Crippen molar-refractivity contribution in [3.05, 3.63) is 0 Å². The second kappa shape index (κ2) is 6.42. The highest BCUT2D eigenvalue weighted by molar-refractivity contribution is 7.88. The van der Waals surface area contributed by atoms with E-state index in [0.717, 1.165) is 12.7 Å². The summed E-state index contributed by atoms with van der Waals surface area (Å²) in [6, 6.07) is 0. The summed E-state index contributed by atoms with van der Waals surface area (Å²) in [5.74, 6) is 0. The molecule has 6 heteroatoms. The molecule has 0 fully saturated rings. The first kappa shape index (κ1) is 14.8. The first-order valence-corrected chi connectivity index (χ1v) is 6.94. The average Bonchev–Trinajstić information content (AvgIpc) is 2.12. The molecule has 0 rings (SSSR count). The van der Waals surface area contributed by atoms with E-state index >= 15 is 0 Å². The Kier molecular flexibility index (Phi) is 6.35. The number of likely N-dealkylation sites (N-methyl/N-ethyl adjacent to an activating group) is 1. The maximum atomic E-state index is 11.2. The van der Waals surface area contributed by atoms with Gasteiger partial charge >= 0.3 is 0 Å². The summed E-state index contributed by atoms with van der Waals surface area (Å²) in [5.41, 5.74) is 0. The lowest BCUT2D eigenvalue weighted by Crippen LogP contribution is -2.38. The van der Waals surface area contributed by atoms with Crippen molar-refractivity contribution in [3.63, 3.8) is 0 Å². The van der Waals surface area contributed by atoms with Gasteiger partial charge in [-0.25, -0.2) is 8.42 Å². The highest BCUT2D eigenvalue weighted by Gasteiger charge is 2.19. The van der Waals surface area contributed by atoms with Crippen LogP contribution >= 0.6 is 0 Å². The number of nitrogens with zero attached hydrogens (tertiary/aromatic N) is 1. The molecule has 0 heterocycles. The van der Waals surface area contributed by atoms with Crippen molar-refractivity contribution in [2.45, 2.75) is 39.6 Å². The summed E-state index contributed by atoms with van der Waals surface area (Å²) in [7, 11) is -3.26. The molecule has 0 aromatic carbocycles. The standard InChI is InChI=1S/C9H21NO4S/c1-5-8(3)14-9(11)7-10(6-2)15(4,12)13/h8-9,11H,5-7H2,1-4H3/t8-,9+/m0/s1. The summed E-state index contributed by atoms with van der Waals surface area (Å²) in [6.07, 6.45) is 0.766. The minimum absolute atomic E-state index is 0.0142. The predicted molar refractivity (Wildman–Crippen MR) is 58.9 cm³/mol. The Hall–Kier alpha value is -0.170. The third kappa shape index (κ3) is 6.09. The monoisotopic (exact) mass is 239 g/mol. The number of aliphatic hydroxyl groups excluding tert-OH is 1. The highest BCUT2D eigenvalue weighted by atomic mass is 32.2. The Bertz CT molecular complexity index is 265. The summed E-state index contributed by atoms with van der Waals surface area (Å²) in [5, 5.41) is 9.49. The van der Waals surface area contributed by atoms with Gasteiger partial charge in [-0.1, -0.05) is 13.8 Å². The molecular formula is C9H21NO4S. The second-order valence-electron chi connectivity index (χ2n) is 3.52. The molecule has 5 nitrogen and oxygen atoms in total. The van der Waals surface area contributed by atoms with E-state index < -0.39 is 16.3 Å². The Morgan fingerprint density at radius 1 is 1.40 bits per heavy atom. The first-order chi connectivity index (χ1) is 6.81. The van der Waals surface area contributed by atoms with Gasteiger partial charge < -0.3 is 9.84 Å². The van der Waals surface area contributed by atoms with Gasteiger partial charge in [0.05, 0.1) is 18.9 Å². The van der Waals surface area contributed by atoms with Crippen molar-refractivity contribution in [3.8, 4) is 0 Å². The molecule has 0 bridgehead atoms. The van der Waals surface area contributed by atoms with Crippen molar-refractivity contribution in [2.75, 3.05) is 19.3 Å². The van der Waals surface area contributed by atoms with E-state index in [2.05, 4.69) is 0 Å². The van der Waals surface area contributed by atoms with Crippen LogP contribution in [0.2, 0.25) is 0 Å². The first-order valence-electron chi connectivity index (χ1n) is 5.09. The molecule has 2 atom stereocenters. The van der Waals surface area contributed by atoms with Crippen molar-refractivity contribution < 1.29 is 18.3 Å². The molecule has 15 heavy (non-hydrogen) atoms. The van der Waals surface area contributed by atoms with Gasteiger partial charge in [0.25, 0.3) is 0 Å². The van der Waals surface area contributed by atoms with Crippen molar-refractivity contribution in [1.29, 1.82) is 0 Å². The Labute approximate surface area is 92.1 Å². The third-order valence-corrected chi connectivity index (χ3v) is 3.49. The summed E-state index contributed by atoms with van der Waals surface area (Å²) >= 11 is 0. The van der Waals surface area contributed by atoms with Gasteiger partial charge in [0.1, 0.15) is 0 Å². The zero-order valence-corrected chi connectivity index (χ0v) is 10.6. The molecular weight excluding hydrogens is 218 g/mol. The molecule has 0 aromatic heterocycles. The average molecular weight is 239 g/mol. The molecule has 0 aliphatic heterocycles. The van der Waals surface area contributed by atoms with E-state index in [-0.39, 0.29) is 12.6 Å². The summed E-state index contributed by atoms with van der Waals surface area (Å²) < 4.78 is 28.8. The second-order valence-corrected chi connectivity index (χ2v) is 5.51. The largest absolute Gasteiger partial charge is 0.367 e. The maximum Gasteiger partial charge on any atom is 0.211 e. The zero-order valence-electron chi connectivity index (χ0n) is 9.80. The smallest absolute Gasteiger partial charge is 0.211 e.